The van der Waals surface area contributed by atoms with E-state index < -0.39 is 8.07 Å². The summed E-state index contributed by atoms with van der Waals surface area (Å²) in [5.41, 5.74) is 0.268. The van der Waals surface area contributed by atoms with Gasteiger partial charge in [0.05, 0.1) is 0 Å². The number of nitrogens with zero attached hydrogens (tertiary/aromatic N) is 1. The van der Waals surface area contributed by atoms with E-state index in [9.17, 15) is 4.79 Å². The average molecular weight is 203 g/mol. The van der Waals surface area contributed by atoms with E-state index in [-0.39, 0.29) is 11.6 Å². The maximum atomic E-state index is 11.9. The van der Waals surface area contributed by atoms with Crippen LogP contribution in [0.3, 0.4) is 0 Å². The van der Waals surface area contributed by atoms with Gasteiger partial charge in [0.15, 0.2) is 13.6 Å². The summed E-state index contributed by atoms with van der Waals surface area (Å²) in [6.07, 6.45) is 0. The summed E-state index contributed by atoms with van der Waals surface area (Å²) in [5.74, 6) is 0. The molecule has 0 aromatic heterocycles. The molecule has 0 aliphatic carbocycles. The summed E-state index contributed by atoms with van der Waals surface area (Å²) in [4.78, 5) is 13.7. The number of ether oxygens (including phenoxy) is 1. The van der Waals surface area contributed by atoms with Crippen LogP contribution < -0.4 is 0 Å². The van der Waals surface area contributed by atoms with E-state index in [0.717, 1.165) is 0 Å². The van der Waals surface area contributed by atoms with Gasteiger partial charge in [-0.1, -0.05) is 19.6 Å². The number of carbonyl (C=O) groups is 1. The Bertz CT molecular complexity index is 175. The Morgan fingerprint density at radius 1 is 1.38 bits per heavy atom. The third-order valence-corrected chi connectivity index (χ3v) is 3.36. The molecular formula is C9H21NO2Si. The zero-order valence-corrected chi connectivity index (χ0v) is 10.5. The summed E-state index contributed by atoms with van der Waals surface area (Å²) in [6.45, 7) is 10.6. The molecule has 0 aliphatic heterocycles. The molecule has 0 rings (SSSR count). The Morgan fingerprint density at radius 3 is 2.08 bits per heavy atom. The molecule has 0 saturated carbocycles. The molecule has 0 saturated heterocycles. The molecule has 3 nitrogen and oxygen atoms in total. The van der Waals surface area contributed by atoms with Crippen LogP contribution in [0.2, 0.25) is 19.6 Å². The van der Waals surface area contributed by atoms with Gasteiger partial charge in [0.2, 0.25) is 0 Å². The lowest BCUT2D eigenvalue weighted by Crippen LogP contribution is -2.49. The standard InChI is InChI=1S/C9H21NO2Si/c1-8(2)10(7-12-3)9(11)13(4,5)6/h8H,7H2,1-6H3. The lowest BCUT2D eigenvalue weighted by Gasteiger charge is -2.31. The van der Waals surface area contributed by atoms with E-state index in [1.54, 1.807) is 12.0 Å². The van der Waals surface area contributed by atoms with Gasteiger partial charge in [-0.05, 0) is 13.8 Å². The Kier molecular flexibility index (Phi) is 4.63. The largest absolute Gasteiger partial charge is 0.364 e. The number of carbonyl (C=O) groups excluding carboxylic acids is 1. The Hall–Kier alpha value is -0.353. The number of rotatable bonds is 4. The second kappa shape index (κ2) is 4.76. The number of hydrogen-bond acceptors (Lipinski definition) is 2. The molecule has 0 unspecified atom stereocenters. The monoisotopic (exact) mass is 203 g/mol. The van der Waals surface area contributed by atoms with E-state index in [4.69, 9.17) is 4.74 Å². The molecule has 78 valence electrons. The van der Waals surface area contributed by atoms with Crippen molar-refractivity contribution in [2.24, 2.45) is 0 Å². The van der Waals surface area contributed by atoms with Crippen molar-refractivity contribution in [3.05, 3.63) is 0 Å². The third-order valence-electron chi connectivity index (χ3n) is 1.79. The predicted octanol–water partition coefficient (Wildman–Crippen LogP) is 2.34. The van der Waals surface area contributed by atoms with Gasteiger partial charge in [0.25, 0.3) is 0 Å². The second-order valence-electron chi connectivity index (χ2n) is 4.54. The fraction of sp³-hybridized carbons (Fsp3) is 0.889. The highest BCUT2D eigenvalue weighted by molar-refractivity contribution is 7.03. The van der Waals surface area contributed by atoms with Crippen LogP contribution in [-0.4, -0.2) is 38.4 Å². The summed E-state index contributed by atoms with van der Waals surface area (Å²) in [6, 6.07) is 0.221. The van der Waals surface area contributed by atoms with Crippen LogP contribution in [-0.2, 0) is 4.74 Å². The molecule has 1 amide bonds. The molecule has 0 aromatic rings. The van der Waals surface area contributed by atoms with Crippen LogP contribution in [0.25, 0.3) is 0 Å². The minimum absolute atomic E-state index is 0.221. The van der Waals surface area contributed by atoms with Gasteiger partial charge < -0.3 is 9.64 Å². The summed E-state index contributed by atoms with van der Waals surface area (Å²) in [5, 5.41) is 0. The number of amides is 1. The molecule has 0 aliphatic rings. The van der Waals surface area contributed by atoms with Crippen molar-refractivity contribution >= 4 is 13.6 Å². The van der Waals surface area contributed by atoms with Gasteiger partial charge >= 0.3 is 0 Å². The predicted molar refractivity (Wildman–Crippen MR) is 57.6 cm³/mol. The van der Waals surface area contributed by atoms with Crippen molar-refractivity contribution in [3.63, 3.8) is 0 Å². The molecule has 0 atom stereocenters. The fourth-order valence-electron chi connectivity index (χ4n) is 1.01. The molecule has 4 heteroatoms. The maximum Gasteiger partial charge on any atom is 0.196 e. The zero-order chi connectivity index (χ0) is 10.6. The highest BCUT2D eigenvalue weighted by Crippen LogP contribution is 2.11. The minimum Gasteiger partial charge on any atom is -0.364 e. The van der Waals surface area contributed by atoms with Gasteiger partial charge in [-0.3, -0.25) is 4.79 Å². The van der Waals surface area contributed by atoms with Crippen LogP contribution in [0.4, 0.5) is 4.79 Å². The molecular weight excluding hydrogens is 182 g/mol. The minimum atomic E-state index is -1.72. The Balaban J connectivity index is 4.47. The van der Waals surface area contributed by atoms with Gasteiger partial charge in [0.1, 0.15) is 6.73 Å². The molecule has 0 fully saturated rings. The topological polar surface area (TPSA) is 29.5 Å². The summed E-state index contributed by atoms with van der Waals surface area (Å²) in [7, 11) is -0.0987. The van der Waals surface area contributed by atoms with Crippen molar-refractivity contribution in [1.29, 1.82) is 0 Å². The van der Waals surface area contributed by atoms with Crippen molar-refractivity contribution in [2.45, 2.75) is 39.5 Å². The van der Waals surface area contributed by atoms with Crippen LogP contribution in [0.1, 0.15) is 13.8 Å². The summed E-state index contributed by atoms with van der Waals surface area (Å²) >= 11 is 0. The quantitative estimate of drug-likeness (QED) is 0.518. The van der Waals surface area contributed by atoms with Gasteiger partial charge in [-0.25, -0.2) is 0 Å². The van der Waals surface area contributed by atoms with E-state index in [2.05, 4.69) is 19.6 Å². The molecule has 0 aromatic carbocycles. The van der Waals surface area contributed by atoms with Crippen molar-refractivity contribution < 1.29 is 9.53 Å². The molecule has 0 radical (unpaired) electrons. The van der Waals surface area contributed by atoms with Crippen molar-refractivity contribution in [2.75, 3.05) is 13.8 Å². The molecule has 0 N–H and O–H groups in total. The highest BCUT2D eigenvalue weighted by atomic mass is 28.3. The Labute approximate surface area is 82.1 Å². The van der Waals surface area contributed by atoms with Gasteiger partial charge in [0, 0.05) is 13.2 Å². The third kappa shape index (κ3) is 3.91. The fourth-order valence-corrected chi connectivity index (χ4v) is 2.20. The lowest BCUT2D eigenvalue weighted by atomic mass is 10.4. The highest BCUT2D eigenvalue weighted by Gasteiger charge is 2.30. The molecule has 0 bridgehead atoms. The first-order chi connectivity index (χ1) is 5.80. The number of methoxy groups -OCH3 is 1. The van der Waals surface area contributed by atoms with E-state index in [1.165, 1.54) is 0 Å². The SMILES string of the molecule is COCN(C(=O)[Si](C)(C)C)C(C)C. The first kappa shape index (κ1) is 12.6. The first-order valence-corrected chi connectivity index (χ1v) is 8.10. The van der Waals surface area contributed by atoms with E-state index >= 15 is 0 Å². The van der Waals surface area contributed by atoms with Crippen LogP contribution in [0, 0.1) is 0 Å². The van der Waals surface area contributed by atoms with Crippen LogP contribution in [0.15, 0.2) is 0 Å². The normalized spacial score (nSPS) is 11.9. The van der Waals surface area contributed by atoms with Crippen molar-refractivity contribution in [3.8, 4) is 0 Å². The van der Waals surface area contributed by atoms with Crippen LogP contribution >= 0.6 is 0 Å². The average Bonchev–Trinajstić information content (AvgIpc) is 1.96. The van der Waals surface area contributed by atoms with Gasteiger partial charge in [-0.2, -0.15) is 0 Å². The molecule has 0 heterocycles. The second-order valence-corrected chi connectivity index (χ2v) is 9.46. The van der Waals surface area contributed by atoms with Gasteiger partial charge in [-0.15, -0.1) is 0 Å². The van der Waals surface area contributed by atoms with E-state index in [0.29, 0.717) is 6.73 Å². The van der Waals surface area contributed by atoms with Crippen molar-refractivity contribution in [1.82, 2.24) is 4.90 Å². The Morgan fingerprint density at radius 2 is 1.85 bits per heavy atom. The van der Waals surface area contributed by atoms with E-state index in [1.807, 2.05) is 13.8 Å². The smallest absolute Gasteiger partial charge is 0.196 e. The summed E-state index contributed by atoms with van der Waals surface area (Å²) < 4.78 is 5.01. The molecule has 0 spiro atoms. The number of hydrogen-bond donors (Lipinski definition) is 0. The molecule has 13 heavy (non-hydrogen) atoms. The maximum absolute atomic E-state index is 11.9. The first-order valence-electron chi connectivity index (χ1n) is 4.60. The lowest BCUT2D eigenvalue weighted by molar-refractivity contribution is 0.0749. The zero-order valence-electron chi connectivity index (χ0n) is 9.55. The van der Waals surface area contributed by atoms with Crippen LogP contribution in [0.5, 0.6) is 0 Å².